The zero-order valence-electron chi connectivity index (χ0n) is 26.8. The maximum atomic E-state index is 8.53. The van der Waals surface area contributed by atoms with Gasteiger partial charge in [0.1, 0.15) is 6.17 Å². The summed E-state index contributed by atoms with van der Waals surface area (Å²) in [4.78, 5) is 3.43. The van der Waals surface area contributed by atoms with Crippen LogP contribution in [0.2, 0.25) is 10.0 Å². The Morgan fingerprint density at radius 3 is 1.50 bits per heavy atom. The van der Waals surface area contributed by atoms with Crippen molar-refractivity contribution in [2.45, 2.75) is 61.4 Å². The van der Waals surface area contributed by atoms with Crippen LogP contribution in [0.3, 0.4) is 0 Å². The van der Waals surface area contributed by atoms with E-state index in [1.807, 2.05) is 18.7 Å². The van der Waals surface area contributed by atoms with Crippen molar-refractivity contribution < 1.29 is 13.7 Å². The summed E-state index contributed by atoms with van der Waals surface area (Å²) < 4.78 is 83.4. The molecule has 2 nitrogen and oxygen atoms in total. The molecule has 0 aliphatic carbocycles. The highest BCUT2D eigenvalue weighted by atomic mass is 35.5. The van der Waals surface area contributed by atoms with Gasteiger partial charge in [-0.3, -0.25) is 0 Å². The van der Waals surface area contributed by atoms with E-state index in [1.54, 1.807) is 32.6 Å². The minimum Gasteiger partial charge on any atom is -0.322 e. The summed E-state index contributed by atoms with van der Waals surface area (Å²) in [5.41, 5.74) is 1.35. The Kier molecular flexibility index (Phi) is 3.15. The summed E-state index contributed by atoms with van der Waals surface area (Å²) >= 11 is 12.4. The van der Waals surface area contributed by atoms with Crippen LogP contribution in [0.1, 0.15) is 63.7 Å². The molecule has 0 radical (unpaired) electrons. The molecule has 3 rings (SSSR count). The van der Waals surface area contributed by atoms with E-state index in [2.05, 4.69) is 0 Å². The highest BCUT2D eigenvalue weighted by molar-refractivity contribution is 6.31. The van der Waals surface area contributed by atoms with E-state index in [-0.39, 0.29) is 28.7 Å². The van der Waals surface area contributed by atoms with Gasteiger partial charge in [-0.1, -0.05) is 37.0 Å². The number of hydrogen-bond donors (Lipinski definition) is 0. The maximum Gasteiger partial charge on any atom is 0.113 e. The van der Waals surface area contributed by atoms with Gasteiger partial charge in [0.15, 0.2) is 0 Å². The van der Waals surface area contributed by atoms with Gasteiger partial charge in [-0.25, -0.2) is 0 Å². The van der Waals surface area contributed by atoms with E-state index < -0.39 is 48.1 Å². The normalized spacial score (nSPS) is 23.4. The Balaban J connectivity index is 2.54. The number of rotatable bonds is 3. The molecule has 1 heterocycles. The van der Waals surface area contributed by atoms with Gasteiger partial charge in [0.05, 0.1) is 5.48 Å². The third-order valence-corrected chi connectivity index (χ3v) is 5.48. The summed E-state index contributed by atoms with van der Waals surface area (Å²) in [6.07, 6.45) is -0.713. The van der Waals surface area contributed by atoms with Crippen molar-refractivity contribution in [3.63, 3.8) is 0 Å². The molecule has 28 heavy (non-hydrogen) atoms. The highest BCUT2D eigenvalue weighted by Crippen LogP contribution is 2.45. The molecule has 2 aromatic rings. The predicted octanol–water partition coefficient (Wildman–Crippen LogP) is 7.79. The molecule has 0 bridgehead atoms. The van der Waals surface area contributed by atoms with E-state index in [0.717, 1.165) is 0 Å². The van der Waals surface area contributed by atoms with E-state index in [4.69, 9.17) is 36.9 Å². The summed E-state index contributed by atoms with van der Waals surface area (Å²) in [6.45, 7) is 4.85. The molecular weight excluding hydrogens is 387 g/mol. The summed E-state index contributed by atoms with van der Waals surface area (Å²) in [5, 5.41) is -0.521. The monoisotopic (exact) mass is 426 g/mol. The van der Waals surface area contributed by atoms with Crippen molar-refractivity contribution >= 4 is 34.6 Å². The molecule has 0 saturated heterocycles. The van der Waals surface area contributed by atoms with Crippen molar-refractivity contribution in [1.82, 2.24) is 0 Å². The Morgan fingerprint density at radius 2 is 1.14 bits per heavy atom. The van der Waals surface area contributed by atoms with Gasteiger partial charge in [0.25, 0.3) is 0 Å². The topological polar surface area (TPSA) is 6.48 Å². The lowest BCUT2D eigenvalue weighted by atomic mass is 10.0. The van der Waals surface area contributed by atoms with Gasteiger partial charge in [-0.15, -0.1) is 0 Å². The third-order valence-electron chi connectivity index (χ3n) is 5.10. The molecule has 1 aliphatic heterocycles. The number of anilines is 2. The standard InChI is InChI=1S/C24H30Cl2N2/c1-13(2)24-27(22-14(3)9-20(25)10-15(22)4)18(7)19(8)28(24)23-16(5)11-21(26)12-17(23)6/h9-13,24H,1-8H3/i3D3,4D3,9D,10D,11D,12D. The van der Waals surface area contributed by atoms with Crippen LogP contribution >= 0.6 is 23.2 Å². The van der Waals surface area contributed by atoms with Crippen molar-refractivity contribution in [3.8, 4) is 0 Å². The van der Waals surface area contributed by atoms with Crippen molar-refractivity contribution in [2.75, 3.05) is 9.80 Å². The van der Waals surface area contributed by atoms with Crippen LogP contribution in [-0.2, 0) is 0 Å². The number of halogens is 2. The van der Waals surface area contributed by atoms with Gasteiger partial charge in [-0.2, -0.15) is 0 Å². The lowest BCUT2D eigenvalue weighted by molar-refractivity contribution is 0.491. The Labute approximate surface area is 193 Å². The fourth-order valence-electron chi connectivity index (χ4n) is 3.91. The highest BCUT2D eigenvalue weighted by Gasteiger charge is 2.40. The average Bonchev–Trinajstić information content (AvgIpc) is 3.03. The zero-order chi connectivity index (χ0) is 29.4. The smallest absolute Gasteiger partial charge is 0.113 e. The van der Waals surface area contributed by atoms with Gasteiger partial charge in [0.2, 0.25) is 0 Å². The number of benzene rings is 2. The molecule has 0 N–H and O–H groups in total. The third kappa shape index (κ3) is 3.42. The minimum absolute atomic E-state index is 0.0107. The molecular formula is C24H30Cl2N2. The van der Waals surface area contributed by atoms with E-state index in [1.165, 1.54) is 0 Å². The molecule has 1 atom stereocenters. The van der Waals surface area contributed by atoms with E-state index in [9.17, 15) is 0 Å². The van der Waals surface area contributed by atoms with Gasteiger partial charge < -0.3 is 9.80 Å². The minimum atomic E-state index is -2.91. The van der Waals surface area contributed by atoms with Gasteiger partial charge >= 0.3 is 0 Å². The Morgan fingerprint density at radius 1 is 0.786 bits per heavy atom. The van der Waals surface area contributed by atoms with E-state index >= 15 is 0 Å². The quantitative estimate of drug-likeness (QED) is 0.493. The molecule has 0 saturated carbocycles. The van der Waals surface area contributed by atoms with E-state index in [0.29, 0.717) is 28.2 Å². The molecule has 2 aromatic carbocycles. The van der Waals surface area contributed by atoms with Crippen molar-refractivity contribution in [3.05, 3.63) is 67.9 Å². The van der Waals surface area contributed by atoms with Crippen LogP contribution in [0.25, 0.3) is 0 Å². The van der Waals surface area contributed by atoms with Crippen LogP contribution in [-0.4, -0.2) is 6.17 Å². The predicted molar refractivity (Wildman–Crippen MR) is 124 cm³/mol. The van der Waals surface area contributed by atoms with Crippen LogP contribution < -0.4 is 9.80 Å². The molecule has 1 aliphatic rings. The molecule has 4 heteroatoms. The Bertz CT molecular complexity index is 1280. The average molecular weight is 427 g/mol. The SMILES string of the molecule is [2H]c1c(C)c(N2C(C)=C(C)N(c3c(C([2H])([2H])[2H])c([2H])c(Cl)c([2H])c3C([2H])([2H])[2H])C2C(C)C)c(C)c([2H])c1Cl. The first-order valence-corrected chi connectivity index (χ1v) is 9.78. The zero-order valence-corrected chi connectivity index (χ0v) is 18.3. The fourth-order valence-corrected chi connectivity index (χ4v) is 4.39. The summed E-state index contributed by atoms with van der Waals surface area (Å²) in [5.74, 6) is -0.256. The first-order valence-electron chi connectivity index (χ1n) is 14.0. The molecule has 0 aromatic heterocycles. The molecule has 1 unspecified atom stereocenters. The largest absolute Gasteiger partial charge is 0.322 e. The van der Waals surface area contributed by atoms with Crippen molar-refractivity contribution in [1.29, 1.82) is 0 Å². The number of allylic oxidation sites excluding steroid dienone is 2. The lowest BCUT2D eigenvalue weighted by Crippen LogP contribution is -2.45. The van der Waals surface area contributed by atoms with Gasteiger partial charge in [0, 0.05) is 41.0 Å². The van der Waals surface area contributed by atoms with Crippen LogP contribution in [0.4, 0.5) is 11.4 Å². The second-order valence-electron chi connectivity index (χ2n) is 7.39. The molecule has 0 spiro atoms. The summed E-state index contributed by atoms with van der Waals surface area (Å²) in [6, 6.07) is -1.26. The molecule has 0 fully saturated rings. The van der Waals surface area contributed by atoms with Crippen LogP contribution in [0.15, 0.2) is 35.6 Å². The second kappa shape index (κ2) is 7.65. The number of hydrogen-bond acceptors (Lipinski definition) is 2. The molecule has 0 amide bonds. The maximum absolute atomic E-state index is 8.53. The van der Waals surface area contributed by atoms with Crippen LogP contribution in [0.5, 0.6) is 0 Å². The molecule has 150 valence electrons. The van der Waals surface area contributed by atoms with Gasteiger partial charge in [-0.05, 0) is 93.7 Å². The Hall–Kier alpha value is -1.64. The van der Waals surface area contributed by atoms with Crippen LogP contribution in [0, 0.1) is 33.5 Å². The second-order valence-corrected chi connectivity index (χ2v) is 8.15. The first kappa shape index (κ1) is 11.5. The fraction of sp³-hybridized carbons (Fsp3) is 0.417. The first-order chi connectivity index (χ1) is 17.2. The lowest BCUT2D eigenvalue weighted by Gasteiger charge is -2.40. The summed E-state index contributed by atoms with van der Waals surface area (Å²) in [7, 11) is 0. The number of nitrogens with zero attached hydrogens (tertiary/aromatic N) is 2. The van der Waals surface area contributed by atoms with Crippen molar-refractivity contribution in [2.24, 2.45) is 5.92 Å².